The lowest BCUT2D eigenvalue weighted by atomic mass is 10.00. The number of ether oxygens (including phenoxy) is 1. The first-order chi connectivity index (χ1) is 13.2. The van der Waals surface area contributed by atoms with Crippen molar-refractivity contribution in [2.45, 2.75) is 39.8 Å². The number of rotatable bonds is 5. The number of aryl methyl sites for hydroxylation is 2. The number of para-hydroxylation sites is 2. The van der Waals surface area contributed by atoms with E-state index >= 15 is 0 Å². The smallest absolute Gasteiger partial charge is 0.263 e. The predicted molar refractivity (Wildman–Crippen MR) is 110 cm³/mol. The van der Waals surface area contributed by atoms with E-state index in [1.54, 1.807) is 31.2 Å². The summed E-state index contributed by atoms with van der Waals surface area (Å²) in [5, 5.41) is 2.96. The molecule has 150 valence electrons. The summed E-state index contributed by atoms with van der Waals surface area (Å²) in [5.74, 6) is 0.0117. The van der Waals surface area contributed by atoms with Crippen molar-refractivity contribution in [2.75, 3.05) is 16.6 Å². The molecule has 6 nitrogen and oxygen atoms in total. The number of carbonyl (C=O) groups excluding carboxylic acids is 1. The molecule has 1 N–H and O–H groups in total. The highest BCUT2D eigenvalue weighted by Gasteiger charge is 2.36. The summed E-state index contributed by atoms with van der Waals surface area (Å²) in [6.07, 6.45) is -0.913. The van der Waals surface area contributed by atoms with E-state index in [-0.39, 0.29) is 24.2 Å². The van der Waals surface area contributed by atoms with Gasteiger partial charge in [0, 0.05) is 0 Å². The second-order valence-electron chi connectivity index (χ2n) is 7.10. The van der Waals surface area contributed by atoms with Crippen LogP contribution in [0.4, 0.5) is 5.69 Å². The first-order valence-corrected chi connectivity index (χ1v) is 11.0. The van der Waals surface area contributed by atoms with Gasteiger partial charge in [0.05, 0.1) is 24.0 Å². The van der Waals surface area contributed by atoms with Crippen LogP contribution in [0.1, 0.15) is 36.6 Å². The minimum Gasteiger partial charge on any atom is -0.476 e. The summed E-state index contributed by atoms with van der Waals surface area (Å²) in [5.41, 5.74) is 3.74. The highest BCUT2D eigenvalue weighted by atomic mass is 32.2. The van der Waals surface area contributed by atoms with Gasteiger partial charge in [0.1, 0.15) is 5.75 Å². The number of sulfonamides is 1. The van der Waals surface area contributed by atoms with Crippen LogP contribution in [-0.2, 0) is 14.8 Å². The number of hydrogen-bond acceptors (Lipinski definition) is 4. The summed E-state index contributed by atoms with van der Waals surface area (Å²) in [6.45, 7) is 7.49. The highest BCUT2D eigenvalue weighted by molar-refractivity contribution is 7.92. The first kappa shape index (κ1) is 20.2. The molecule has 0 saturated heterocycles. The van der Waals surface area contributed by atoms with Crippen LogP contribution < -0.4 is 14.4 Å². The van der Waals surface area contributed by atoms with Crippen molar-refractivity contribution in [3.8, 4) is 5.75 Å². The molecule has 0 radical (unpaired) electrons. The lowest BCUT2D eigenvalue weighted by molar-refractivity contribution is -0.128. The number of benzene rings is 2. The molecule has 0 bridgehead atoms. The number of anilines is 1. The Morgan fingerprint density at radius 3 is 2.64 bits per heavy atom. The van der Waals surface area contributed by atoms with Crippen LogP contribution in [0.15, 0.2) is 42.5 Å². The van der Waals surface area contributed by atoms with Crippen LogP contribution in [0.25, 0.3) is 0 Å². The van der Waals surface area contributed by atoms with Crippen molar-refractivity contribution in [3.05, 3.63) is 59.2 Å². The van der Waals surface area contributed by atoms with E-state index in [4.69, 9.17) is 4.74 Å². The molecule has 2 atom stereocenters. The highest BCUT2D eigenvalue weighted by Crippen LogP contribution is 2.35. The maximum Gasteiger partial charge on any atom is 0.263 e. The van der Waals surface area contributed by atoms with Crippen LogP contribution in [0.5, 0.6) is 5.75 Å². The summed E-state index contributed by atoms with van der Waals surface area (Å²) < 4.78 is 32.2. The van der Waals surface area contributed by atoms with Gasteiger partial charge in [-0.15, -0.1) is 0 Å². The van der Waals surface area contributed by atoms with Crippen LogP contribution in [0, 0.1) is 13.8 Å². The Bertz CT molecular complexity index is 988. The predicted octanol–water partition coefficient (Wildman–Crippen LogP) is 3.10. The van der Waals surface area contributed by atoms with Crippen molar-refractivity contribution in [1.29, 1.82) is 0 Å². The van der Waals surface area contributed by atoms with E-state index in [1.807, 2.05) is 32.9 Å². The Hall–Kier alpha value is -2.54. The van der Waals surface area contributed by atoms with E-state index in [2.05, 4.69) is 11.4 Å². The first-order valence-electron chi connectivity index (χ1n) is 9.36. The topological polar surface area (TPSA) is 75.7 Å². The van der Waals surface area contributed by atoms with Crippen molar-refractivity contribution >= 4 is 21.6 Å². The molecular weight excluding hydrogens is 376 g/mol. The zero-order valence-electron chi connectivity index (χ0n) is 16.6. The lowest BCUT2D eigenvalue weighted by Gasteiger charge is -2.35. The molecule has 28 heavy (non-hydrogen) atoms. The van der Waals surface area contributed by atoms with E-state index in [1.165, 1.54) is 4.31 Å². The number of nitrogens with zero attached hydrogens (tertiary/aromatic N) is 1. The summed E-state index contributed by atoms with van der Waals surface area (Å²) >= 11 is 0. The van der Waals surface area contributed by atoms with Gasteiger partial charge in [-0.2, -0.15) is 0 Å². The summed E-state index contributed by atoms with van der Waals surface area (Å²) in [4.78, 5) is 12.9. The van der Waals surface area contributed by atoms with Crippen molar-refractivity contribution in [1.82, 2.24) is 5.32 Å². The van der Waals surface area contributed by atoms with Crippen molar-refractivity contribution < 1.29 is 17.9 Å². The lowest BCUT2D eigenvalue weighted by Crippen LogP contribution is -2.51. The zero-order valence-corrected chi connectivity index (χ0v) is 17.4. The summed E-state index contributed by atoms with van der Waals surface area (Å²) in [6, 6.07) is 12.7. The fraction of sp³-hybridized carbons (Fsp3) is 0.381. The second kappa shape index (κ2) is 7.83. The normalized spacial score (nSPS) is 17.4. The maximum absolute atomic E-state index is 12.9. The molecule has 1 aliphatic heterocycles. The van der Waals surface area contributed by atoms with Crippen molar-refractivity contribution in [2.24, 2.45) is 0 Å². The van der Waals surface area contributed by atoms with E-state index < -0.39 is 16.1 Å². The molecular formula is C21H26N2O4S. The molecule has 1 aliphatic rings. The molecule has 7 heteroatoms. The SMILES string of the molecule is CCS(=O)(=O)N1C[C@@H](C(=O)N[C@H](C)c2ccc(C)cc2C)Oc2ccccc21. The zero-order chi connectivity index (χ0) is 20.5. The molecule has 3 rings (SSSR count). The fourth-order valence-corrected chi connectivity index (χ4v) is 4.58. The second-order valence-corrected chi connectivity index (χ2v) is 9.28. The average molecular weight is 403 g/mol. The molecule has 1 amide bonds. The van der Waals surface area contributed by atoms with E-state index in [9.17, 15) is 13.2 Å². The van der Waals surface area contributed by atoms with Gasteiger partial charge in [-0.05, 0) is 51.0 Å². The number of carbonyl (C=O) groups is 1. The number of nitrogens with one attached hydrogen (secondary N) is 1. The molecule has 1 heterocycles. The molecule has 0 unspecified atom stereocenters. The minimum atomic E-state index is -3.52. The molecule has 0 fully saturated rings. The Balaban J connectivity index is 1.82. The molecule has 2 aromatic carbocycles. The molecule has 0 aliphatic carbocycles. The monoisotopic (exact) mass is 402 g/mol. The quantitative estimate of drug-likeness (QED) is 0.834. The Labute approximate surface area is 166 Å². The maximum atomic E-state index is 12.9. The third-order valence-corrected chi connectivity index (χ3v) is 6.73. The molecule has 2 aromatic rings. The third-order valence-electron chi connectivity index (χ3n) is 4.98. The van der Waals surface area contributed by atoms with Gasteiger partial charge in [-0.3, -0.25) is 9.10 Å². The minimum absolute atomic E-state index is 0.0430. The Morgan fingerprint density at radius 1 is 1.25 bits per heavy atom. The fourth-order valence-electron chi connectivity index (χ4n) is 3.45. The van der Waals surface area contributed by atoms with Gasteiger partial charge < -0.3 is 10.1 Å². The van der Waals surface area contributed by atoms with Gasteiger partial charge in [-0.25, -0.2) is 8.42 Å². The van der Waals surface area contributed by atoms with Crippen LogP contribution >= 0.6 is 0 Å². The number of hydrogen-bond donors (Lipinski definition) is 1. The number of amides is 1. The standard InChI is InChI=1S/C21H26N2O4S/c1-5-28(25,26)23-13-20(27-19-9-7-6-8-18(19)23)21(24)22-16(4)17-11-10-14(2)12-15(17)3/h6-12,16,20H,5,13H2,1-4H3,(H,22,24)/t16-,20+/m1/s1. The Kier molecular flexibility index (Phi) is 5.65. The van der Waals surface area contributed by atoms with Crippen molar-refractivity contribution in [3.63, 3.8) is 0 Å². The van der Waals surface area contributed by atoms with Gasteiger partial charge in [0.25, 0.3) is 5.91 Å². The van der Waals surface area contributed by atoms with Gasteiger partial charge in [0.15, 0.2) is 6.10 Å². The summed E-state index contributed by atoms with van der Waals surface area (Å²) in [7, 11) is -3.52. The van der Waals surface area contributed by atoms with E-state index in [0.29, 0.717) is 11.4 Å². The van der Waals surface area contributed by atoms with Crippen LogP contribution in [0.3, 0.4) is 0 Å². The van der Waals surface area contributed by atoms with Crippen LogP contribution in [-0.4, -0.2) is 32.7 Å². The van der Waals surface area contributed by atoms with Crippen LogP contribution in [0.2, 0.25) is 0 Å². The molecule has 0 aromatic heterocycles. The van der Waals surface area contributed by atoms with E-state index in [0.717, 1.165) is 16.7 Å². The number of fused-ring (bicyclic) bond motifs is 1. The average Bonchev–Trinajstić information content (AvgIpc) is 2.66. The largest absolute Gasteiger partial charge is 0.476 e. The third kappa shape index (κ3) is 3.99. The van der Waals surface area contributed by atoms with Gasteiger partial charge in [-0.1, -0.05) is 35.9 Å². The molecule has 0 spiro atoms. The Morgan fingerprint density at radius 2 is 1.96 bits per heavy atom. The molecule has 0 saturated carbocycles. The van der Waals surface area contributed by atoms with Gasteiger partial charge in [0.2, 0.25) is 10.0 Å². The van der Waals surface area contributed by atoms with Gasteiger partial charge >= 0.3 is 0 Å².